The molecule has 0 heterocycles. The van der Waals surface area contributed by atoms with Gasteiger partial charge >= 0.3 is 5.97 Å². The molecular formula is C16H13BrFNO4. The van der Waals surface area contributed by atoms with Crippen LogP contribution in [0, 0.1) is 5.82 Å². The van der Waals surface area contributed by atoms with Gasteiger partial charge in [-0.2, -0.15) is 0 Å². The Morgan fingerprint density at radius 2 is 1.87 bits per heavy atom. The number of carbonyl (C=O) groups is 2. The van der Waals surface area contributed by atoms with Gasteiger partial charge in [0.2, 0.25) is 0 Å². The van der Waals surface area contributed by atoms with E-state index in [1.165, 1.54) is 31.4 Å². The average Bonchev–Trinajstić information content (AvgIpc) is 2.55. The standard InChI is InChI=1S/C16H13BrFNO4/c1-22-12-5-2-10(3-6-12)16(21)23-9-15(20)19-14-7-4-11(17)8-13(14)18/h2-8H,9H2,1H3,(H,19,20). The summed E-state index contributed by atoms with van der Waals surface area (Å²) in [7, 11) is 1.51. The fraction of sp³-hybridized carbons (Fsp3) is 0.125. The zero-order valence-electron chi connectivity index (χ0n) is 12.1. The van der Waals surface area contributed by atoms with Gasteiger partial charge in [-0.05, 0) is 42.5 Å². The van der Waals surface area contributed by atoms with Crippen molar-refractivity contribution in [1.29, 1.82) is 0 Å². The van der Waals surface area contributed by atoms with Crippen molar-refractivity contribution in [1.82, 2.24) is 0 Å². The summed E-state index contributed by atoms with van der Waals surface area (Å²) >= 11 is 3.12. The second-order valence-corrected chi connectivity index (χ2v) is 5.39. The van der Waals surface area contributed by atoms with E-state index in [1.807, 2.05) is 0 Å². The number of nitrogens with one attached hydrogen (secondary N) is 1. The molecule has 0 aliphatic rings. The minimum Gasteiger partial charge on any atom is -0.497 e. The minimum absolute atomic E-state index is 0.0127. The van der Waals surface area contributed by atoms with Crippen molar-refractivity contribution >= 4 is 33.5 Å². The molecule has 0 spiro atoms. The van der Waals surface area contributed by atoms with Crippen molar-refractivity contribution in [3.05, 3.63) is 58.3 Å². The highest BCUT2D eigenvalue weighted by Gasteiger charge is 2.12. The van der Waals surface area contributed by atoms with Crippen LogP contribution in [0.25, 0.3) is 0 Å². The topological polar surface area (TPSA) is 64.6 Å². The molecule has 0 saturated carbocycles. The molecule has 2 aromatic carbocycles. The largest absolute Gasteiger partial charge is 0.497 e. The molecule has 0 fully saturated rings. The molecule has 23 heavy (non-hydrogen) atoms. The van der Waals surface area contributed by atoms with Gasteiger partial charge in [0.05, 0.1) is 18.4 Å². The minimum atomic E-state index is -0.654. The highest BCUT2D eigenvalue weighted by atomic mass is 79.9. The molecule has 0 radical (unpaired) electrons. The van der Waals surface area contributed by atoms with Crippen LogP contribution in [0.5, 0.6) is 5.75 Å². The first kappa shape index (κ1) is 17.0. The lowest BCUT2D eigenvalue weighted by Crippen LogP contribution is -2.21. The third-order valence-corrected chi connectivity index (χ3v) is 3.36. The van der Waals surface area contributed by atoms with Crippen LogP contribution in [0.4, 0.5) is 10.1 Å². The Morgan fingerprint density at radius 3 is 2.48 bits per heavy atom. The smallest absolute Gasteiger partial charge is 0.338 e. The maximum absolute atomic E-state index is 13.6. The number of esters is 1. The van der Waals surface area contributed by atoms with Crippen molar-refractivity contribution in [2.24, 2.45) is 0 Å². The van der Waals surface area contributed by atoms with Gasteiger partial charge in [0.1, 0.15) is 11.6 Å². The molecular weight excluding hydrogens is 369 g/mol. The van der Waals surface area contributed by atoms with Crippen LogP contribution in [0.2, 0.25) is 0 Å². The van der Waals surface area contributed by atoms with Gasteiger partial charge in [0.15, 0.2) is 6.61 Å². The molecule has 0 saturated heterocycles. The van der Waals surface area contributed by atoms with Crippen LogP contribution in [0.3, 0.4) is 0 Å². The van der Waals surface area contributed by atoms with Crippen LogP contribution in [0.15, 0.2) is 46.9 Å². The summed E-state index contributed by atoms with van der Waals surface area (Å²) in [5.74, 6) is -1.27. The third-order valence-electron chi connectivity index (χ3n) is 2.87. The fourth-order valence-electron chi connectivity index (χ4n) is 1.72. The molecule has 1 N–H and O–H groups in total. The van der Waals surface area contributed by atoms with Gasteiger partial charge in [0.25, 0.3) is 5.91 Å². The molecule has 0 aliphatic carbocycles. The Balaban J connectivity index is 1.89. The van der Waals surface area contributed by atoms with Crippen LogP contribution in [-0.2, 0) is 9.53 Å². The van der Waals surface area contributed by atoms with Crippen LogP contribution >= 0.6 is 15.9 Å². The summed E-state index contributed by atoms with van der Waals surface area (Å²) in [6.45, 7) is -0.514. The van der Waals surface area contributed by atoms with Gasteiger partial charge in [-0.1, -0.05) is 15.9 Å². The van der Waals surface area contributed by atoms with Gasteiger partial charge in [-0.15, -0.1) is 0 Å². The molecule has 0 aliphatic heterocycles. The number of ether oxygens (including phenoxy) is 2. The van der Waals surface area contributed by atoms with Crippen molar-refractivity contribution in [3.8, 4) is 5.75 Å². The number of carbonyl (C=O) groups excluding carboxylic acids is 2. The molecule has 0 bridgehead atoms. The Kier molecular flexibility index (Phi) is 5.70. The van der Waals surface area contributed by atoms with E-state index < -0.39 is 24.3 Å². The first-order valence-corrected chi connectivity index (χ1v) is 7.35. The predicted molar refractivity (Wildman–Crippen MR) is 86.0 cm³/mol. The van der Waals surface area contributed by atoms with Crippen LogP contribution in [0.1, 0.15) is 10.4 Å². The predicted octanol–water partition coefficient (Wildman–Crippen LogP) is 3.39. The summed E-state index contributed by atoms with van der Waals surface area (Å²) in [4.78, 5) is 23.5. The molecule has 2 aromatic rings. The number of halogens is 2. The lowest BCUT2D eigenvalue weighted by Gasteiger charge is -2.08. The van der Waals surface area contributed by atoms with E-state index in [0.29, 0.717) is 10.2 Å². The number of benzene rings is 2. The molecule has 5 nitrogen and oxygen atoms in total. The summed E-state index contributed by atoms with van der Waals surface area (Å²) in [5.41, 5.74) is 0.298. The molecule has 7 heteroatoms. The molecule has 120 valence electrons. The lowest BCUT2D eigenvalue weighted by atomic mass is 10.2. The zero-order chi connectivity index (χ0) is 16.8. The van der Waals surface area contributed by atoms with Crippen molar-refractivity contribution in [3.63, 3.8) is 0 Å². The Labute approximate surface area is 140 Å². The Bertz CT molecular complexity index is 719. The fourth-order valence-corrected chi connectivity index (χ4v) is 2.05. The molecule has 2 rings (SSSR count). The number of methoxy groups -OCH3 is 1. The van der Waals surface area contributed by atoms with E-state index in [9.17, 15) is 14.0 Å². The monoisotopic (exact) mass is 381 g/mol. The van der Waals surface area contributed by atoms with Crippen LogP contribution in [-0.4, -0.2) is 25.6 Å². The molecule has 1 amide bonds. The molecule has 0 aromatic heterocycles. The van der Waals surface area contributed by atoms with E-state index in [-0.39, 0.29) is 11.3 Å². The van der Waals surface area contributed by atoms with E-state index in [2.05, 4.69) is 21.2 Å². The number of amides is 1. The van der Waals surface area contributed by atoms with Gasteiger partial charge in [-0.3, -0.25) is 4.79 Å². The van der Waals surface area contributed by atoms with Crippen molar-refractivity contribution in [2.45, 2.75) is 0 Å². The second-order valence-electron chi connectivity index (χ2n) is 4.48. The molecule has 0 atom stereocenters. The van der Waals surface area contributed by atoms with Gasteiger partial charge in [-0.25, -0.2) is 9.18 Å². The highest BCUT2D eigenvalue weighted by molar-refractivity contribution is 9.10. The number of anilines is 1. The van der Waals surface area contributed by atoms with Gasteiger partial charge < -0.3 is 14.8 Å². The highest BCUT2D eigenvalue weighted by Crippen LogP contribution is 2.19. The van der Waals surface area contributed by atoms with E-state index in [1.54, 1.807) is 18.2 Å². The van der Waals surface area contributed by atoms with Gasteiger partial charge in [0, 0.05) is 4.47 Å². The van der Waals surface area contributed by atoms with E-state index in [0.717, 1.165) is 0 Å². The number of rotatable bonds is 5. The Hall–Kier alpha value is -2.41. The average molecular weight is 382 g/mol. The van der Waals surface area contributed by atoms with E-state index in [4.69, 9.17) is 9.47 Å². The van der Waals surface area contributed by atoms with Crippen molar-refractivity contribution in [2.75, 3.05) is 19.0 Å². The van der Waals surface area contributed by atoms with Crippen molar-refractivity contribution < 1.29 is 23.5 Å². The number of hydrogen-bond acceptors (Lipinski definition) is 4. The maximum atomic E-state index is 13.6. The van der Waals surface area contributed by atoms with E-state index >= 15 is 0 Å². The number of hydrogen-bond donors (Lipinski definition) is 1. The maximum Gasteiger partial charge on any atom is 0.338 e. The SMILES string of the molecule is COc1ccc(C(=O)OCC(=O)Nc2ccc(Br)cc2F)cc1. The molecule has 0 unspecified atom stereocenters. The third kappa shape index (κ3) is 4.79. The quantitative estimate of drug-likeness (QED) is 0.806. The Morgan fingerprint density at radius 1 is 1.17 bits per heavy atom. The summed E-state index contributed by atoms with van der Waals surface area (Å²) in [5, 5.41) is 2.33. The summed E-state index contributed by atoms with van der Waals surface area (Å²) in [6.07, 6.45) is 0. The summed E-state index contributed by atoms with van der Waals surface area (Å²) in [6, 6.07) is 10.5. The normalized spacial score (nSPS) is 10.0. The zero-order valence-corrected chi connectivity index (χ0v) is 13.7. The van der Waals surface area contributed by atoms with Crippen LogP contribution < -0.4 is 10.1 Å². The first-order valence-electron chi connectivity index (χ1n) is 6.55. The first-order chi connectivity index (χ1) is 11.0. The second kappa shape index (κ2) is 7.73. The lowest BCUT2D eigenvalue weighted by molar-refractivity contribution is -0.119. The summed E-state index contributed by atoms with van der Waals surface area (Å²) < 4.78 is 24.0.